The fourth-order valence-electron chi connectivity index (χ4n) is 8.98. The summed E-state index contributed by atoms with van der Waals surface area (Å²) in [6.45, 7) is 5.47. The highest BCUT2D eigenvalue weighted by Crippen LogP contribution is 2.31. The fourth-order valence-corrected chi connectivity index (χ4v) is 10.2. The lowest BCUT2D eigenvalue weighted by molar-refractivity contribution is -0.141. The van der Waals surface area contributed by atoms with Gasteiger partial charge in [0.05, 0.1) is 80.2 Å². The first-order valence-corrected chi connectivity index (χ1v) is 24.5. The van der Waals surface area contributed by atoms with E-state index in [1.165, 1.54) is 16.1 Å². The summed E-state index contributed by atoms with van der Waals surface area (Å²) in [5.41, 5.74) is 0.771. The average molecular weight is 1090 g/mol. The zero-order valence-electron chi connectivity index (χ0n) is 39.1. The van der Waals surface area contributed by atoms with Crippen LogP contribution in [0.4, 0.5) is 11.9 Å². The number of aliphatic hydroxyl groups is 3. The standard InChI is InChI=1S/C24H30BrN5O6.C22H28BrN5O5/c1-4-28-22(33)20-21(29(24(28)34)10-11-36-14(2)31)27-23(26-17-6-5-7-18(17)32)30(20)13-15-8-9-19(35-3)16(25)12-15;1-3-26-20(31)18-19(27(9-10-29)22(26)32)25-21(24-15-5-4-6-16(15)30)28(18)12-13-7-8-17(33-2)14(23)11-13/h8-9,12,17-18,32H,4-7,10-11,13H2,1-3H3,(H,26,27);7-8,11,15-16,29-30H,3-6,9-10,12H2,1-2H3,(H,24,25)/t17-,18-;15-,16-/m11/s1. The number of aliphatic hydroxyl groups excluding tert-OH is 3. The van der Waals surface area contributed by atoms with Crippen molar-refractivity contribution in [3.05, 3.63) is 98.1 Å². The smallest absolute Gasteiger partial charge is 0.332 e. The second kappa shape index (κ2) is 22.3. The molecule has 2 aliphatic rings. The Bertz CT molecular complexity index is 3080. The van der Waals surface area contributed by atoms with E-state index >= 15 is 0 Å². The van der Waals surface area contributed by atoms with E-state index in [0.717, 1.165) is 54.9 Å². The second-order valence-electron chi connectivity index (χ2n) is 16.9. The quantitative estimate of drug-likeness (QED) is 0.0819. The molecule has 0 unspecified atom stereocenters. The van der Waals surface area contributed by atoms with Gasteiger partial charge in [-0.05, 0) is 120 Å². The molecule has 4 aromatic heterocycles. The van der Waals surface area contributed by atoms with Crippen molar-refractivity contribution < 1.29 is 34.3 Å². The van der Waals surface area contributed by atoms with Crippen LogP contribution in [0.3, 0.4) is 0 Å². The van der Waals surface area contributed by atoms with Gasteiger partial charge in [-0.15, -0.1) is 0 Å². The van der Waals surface area contributed by atoms with E-state index in [2.05, 4.69) is 52.5 Å². The number of aromatic nitrogens is 8. The van der Waals surface area contributed by atoms with E-state index in [1.807, 2.05) is 36.4 Å². The van der Waals surface area contributed by atoms with E-state index in [4.69, 9.17) is 14.2 Å². The number of anilines is 2. The van der Waals surface area contributed by atoms with Crippen molar-refractivity contribution in [1.29, 1.82) is 0 Å². The first-order chi connectivity index (χ1) is 33.1. The van der Waals surface area contributed by atoms with E-state index in [9.17, 15) is 39.3 Å². The van der Waals surface area contributed by atoms with Crippen molar-refractivity contribution in [2.75, 3.05) is 38.1 Å². The molecule has 8 rings (SSSR count). The van der Waals surface area contributed by atoms with Gasteiger partial charge in [-0.3, -0.25) is 41.8 Å². The normalized spacial score (nSPS) is 17.8. The first kappa shape index (κ1) is 51.1. The molecule has 5 N–H and O–H groups in total. The Kier molecular flexibility index (Phi) is 16.5. The van der Waals surface area contributed by atoms with Crippen LogP contribution < -0.4 is 42.6 Å². The molecular weight excluding hydrogens is 1030 g/mol. The summed E-state index contributed by atoms with van der Waals surface area (Å²) in [4.78, 5) is 73.5. The number of carbonyl (C=O) groups is 1. The van der Waals surface area contributed by atoms with Crippen molar-refractivity contribution in [1.82, 2.24) is 37.4 Å². The van der Waals surface area contributed by atoms with Gasteiger partial charge < -0.3 is 40.2 Å². The van der Waals surface area contributed by atoms with Crippen molar-refractivity contribution >= 4 is 72.1 Å². The molecule has 4 atom stereocenters. The second-order valence-corrected chi connectivity index (χ2v) is 18.6. The molecule has 0 amide bonds. The van der Waals surface area contributed by atoms with Crippen molar-refractivity contribution in [3.63, 3.8) is 0 Å². The average Bonchev–Trinajstić information content (AvgIpc) is 4.10. The predicted molar refractivity (Wildman–Crippen MR) is 266 cm³/mol. The number of nitrogens with one attached hydrogen (secondary N) is 2. The molecule has 2 fully saturated rings. The summed E-state index contributed by atoms with van der Waals surface area (Å²) in [7, 11) is 3.17. The molecule has 2 aromatic carbocycles. The number of benzene rings is 2. The van der Waals surface area contributed by atoms with Crippen molar-refractivity contribution in [2.45, 2.75) is 123 Å². The Morgan fingerprint density at radius 3 is 1.46 bits per heavy atom. The van der Waals surface area contributed by atoms with Crippen LogP contribution in [0.1, 0.15) is 70.4 Å². The highest BCUT2D eigenvalue weighted by Gasteiger charge is 2.30. The fraction of sp³-hybridized carbons (Fsp3) is 0.500. The monoisotopic (exact) mass is 1080 g/mol. The number of methoxy groups -OCH3 is 2. The third kappa shape index (κ3) is 10.7. The number of ether oxygens (including phenoxy) is 3. The topological polar surface area (TPSA) is 253 Å². The van der Waals surface area contributed by atoms with Gasteiger partial charge in [0.2, 0.25) is 11.9 Å². The summed E-state index contributed by atoms with van der Waals surface area (Å²) in [5, 5.41) is 36.9. The molecule has 0 radical (unpaired) electrons. The summed E-state index contributed by atoms with van der Waals surface area (Å²) in [6, 6.07) is 10.8. The summed E-state index contributed by atoms with van der Waals surface area (Å²) >= 11 is 7.01. The highest BCUT2D eigenvalue weighted by molar-refractivity contribution is 9.11. The maximum atomic E-state index is 13.5. The predicted octanol–water partition coefficient (Wildman–Crippen LogP) is 3.60. The summed E-state index contributed by atoms with van der Waals surface area (Å²) in [5.74, 6) is 1.69. The van der Waals surface area contributed by atoms with Gasteiger partial charge in [0.15, 0.2) is 22.3 Å². The van der Waals surface area contributed by atoms with Crippen LogP contribution >= 0.6 is 31.9 Å². The third-order valence-corrected chi connectivity index (χ3v) is 13.7. The molecule has 6 aromatic rings. The maximum Gasteiger partial charge on any atom is 0.332 e. The van der Waals surface area contributed by atoms with Crippen LogP contribution in [0.25, 0.3) is 22.3 Å². The van der Waals surface area contributed by atoms with Gasteiger partial charge in [0, 0.05) is 20.0 Å². The summed E-state index contributed by atoms with van der Waals surface area (Å²) in [6.07, 6.45) is 3.63. The Balaban J connectivity index is 0.000000205. The number of hydrogen-bond acceptors (Lipinski definition) is 15. The van der Waals surface area contributed by atoms with Crippen LogP contribution in [0.15, 0.2) is 64.5 Å². The molecule has 0 aliphatic heterocycles. The van der Waals surface area contributed by atoms with Gasteiger partial charge >= 0.3 is 17.3 Å². The molecule has 4 heterocycles. The number of nitrogens with zero attached hydrogens (tertiary/aromatic N) is 8. The largest absolute Gasteiger partial charge is 0.496 e. The zero-order chi connectivity index (χ0) is 49.7. The Morgan fingerprint density at radius 2 is 1.12 bits per heavy atom. The molecule has 2 aliphatic carbocycles. The van der Waals surface area contributed by atoms with Gasteiger partial charge in [-0.2, -0.15) is 9.97 Å². The summed E-state index contributed by atoms with van der Waals surface area (Å²) < 4.78 is 25.7. The number of hydrogen-bond donors (Lipinski definition) is 5. The minimum atomic E-state index is -0.535. The van der Waals surface area contributed by atoms with Gasteiger partial charge in [0.1, 0.15) is 18.1 Å². The van der Waals surface area contributed by atoms with Crippen molar-refractivity contribution in [2.24, 2.45) is 0 Å². The number of rotatable bonds is 17. The number of esters is 1. The van der Waals surface area contributed by atoms with Gasteiger partial charge in [0.25, 0.3) is 11.1 Å². The lowest BCUT2D eigenvalue weighted by atomic mass is 10.2. The van der Waals surface area contributed by atoms with Crippen LogP contribution in [-0.2, 0) is 48.8 Å². The van der Waals surface area contributed by atoms with E-state index < -0.39 is 40.7 Å². The van der Waals surface area contributed by atoms with Gasteiger partial charge in [-0.1, -0.05) is 12.1 Å². The molecule has 21 nitrogen and oxygen atoms in total. The maximum absolute atomic E-state index is 13.5. The lowest BCUT2D eigenvalue weighted by Crippen LogP contribution is -2.41. The van der Waals surface area contributed by atoms with Crippen LogP contribution in [-0.4, -0.2) is 110 Å². The number of imidazole rings is 2. The number of fused-ring (bicyclic) bond motifs is 2. The van der Waals surface area contributed by atoms with Crippen LogP contribution in [0, 0.1) is 0 Å². The molecule has 0 saturated heterocycles. The first-order valence-electron chi connectivity index (χ1n) is 22.9. The third-order valence-electron chi connectivity index (χ3n) is 12.5. The Labute approximate surface area is 412 Å². The molecule has 69 heavy (non-hydrogen) atoms. The van der Waals surface area contributed by atoms with Crippen LogP contribution in [0.2, 0.25) is 0 Å². The number of halogens is 2. The lowest BCUT2D eigenvalue weighted by Gasteiger charge is -2.18. The molecule has 0 bridgehead atoms. The Morgan fingerprint density at radius 1 is 0.681 bits per heavy atom. The minimum Gasteiger partial charge on any atom is -0.496 e. The highest BCUT2D eigenvalue weighted by atomic mass is 79.9. The molecule has 2 saturated carbocycles. The number of carbonyl (C=O) groups excluding carboxylic acids is 1. The van der Waals surface area contributed by atoms with E-state index in [1.54, 1.807) is 37.2 Å². The van der Waals surface area contributed by atoms with Crippen LogP contribution in [0.5, 0.6) is 11.5 Å². The molecule has 0 spiro atoms. The molecule has 372 valence electrons. The Hall–Kier alpha value is -5.75. The van der Waals surface area contributed by atoms with Gasteiger partial charge in [-0.25, -0.2) is 9.59 Å². The van der Waals surface area contributed by atoms with Crippen molar-refractivity contribution in [3.8, 4) is 11.5 Å². The molecule has 23 heteroatoms. The SMILES string of the molecule is CCn1c(=O)c2c(nc(N[C@@H]3CCC[C@H]3O)n2Cc2ccc(OC)c(Br)c2)n(CCO)c1=O.CCn1c(=O)c2c(nc(N[C@@H]3CCC[C@H]3O)n2Cc2ccc(OC)c(Br)c2)n(CCOC(C)=O)c1=O. The molecular formula is C46H58Br2N10O11. The minimum absolute atomic E-state index is 0.0200. The van der Waals surface area contributed by atoms with E-state index in [0.29, 0.717) is 42.8 Å². The zero-order valence-corrected chi connectivity index (χ0v) is 42.3. The van der Waals surface area contributed by atoms with E-state index in [-0.39, 0.29) is 80.3 Å².